The van der Waals surface area contributed by atoms with Gasteiger partial charge < -0.3 is 5.11 Å². The van der Waals surface area contributed by atoms with E-state index in [1.807, 2.05) is 13.8 Å². The highest BCUT2D eigenvalue weighted by molar-refractivity contribution is 5.82. The van der Waals surface area contributed by atoms with Crippen molar-refractivity contribution in [2.75, 3.05) is 6.54 Å². The summed E-state index contributed by atoms with van der Waals surface area (Å²) in [5.74, 6) is -0.174. The highest BCUT2D eigenvalue weighted by Gasteiger charge is 2.54. The van der Waals surface area contributed by atoms with Gasteiger partial charge in [-0.3, -0.25) is 15.0 Å². The van der Waals surface area contributed by atoms with Gasteiger partial charge in [0.2, 0.25) is 5.91 Å². The van der Waals surface area contributed by atoms with E-state index in [4.69, 9.17) is 0 Å². The Hall–Kier alpha value is -1.10. The Bertz CT molecular complexity index is 402. The van der Waals surface area contributed by atoms with Crippen LogP contribution in [0.15, 0.2) is 0 Å². The molecule has 1 saturated carbocycles. The van der Waals surface area contributed by atoms with Crippen LogP contribution in [0.4, 0.5) is 0 Å². The summed E-state index contributed by atoms with van der Waals surface area (Å²) in [4.78, 5) is 24.1. The van der Waals surface area contributed by atoms with Gasteiger partial charge >= 0.3 is 5.97 Å². The zero-order valence-electron chi connectivity index (χ0n) is 13.4. The second-order valence-electron chi connectivity index (χ2n) is 7.07. The van der Waals surface area contributed by atoms with Crippen molar-refractivity contribution in [2.24, 2.45) is 17.8 Å². The van der Waals surface area contributed by atoms with Gasteiger partial charge in [-0.25, -0.2) is 5.01 Å². The number of carbonyl (C=O) groups excluding carboxylic acids is 1. The molecule has 0 radical (unpaired) electrons. The number of nitrogens with zero attached hydrogens (tertiary/aromatic N) is 1. The van der Waals surface area contributed by atoms with Crippen LogP contribution >= 0.6 is 0 Å². The topological polar surface area (TPSA) is 69.6 Å². The van der Waals surface area contributed by atoms with Gasteiger partial charge in [-0.1, -0.05) is 33.6 Å². The molecular weight excluding hydrogens is 268 g/mol. The number of rotatable bonds is 4. The highest BCUT2D eigenvalue weighted by atomic mass is 16.4. The van der Waals surface area contributed by atoms with Gasteiger partial charge in [0.05, 0.1) is 0 Å². The van der Waals surface area contributed by atoms with Crippen LogP contribution in [0.1, 0.15) is 59.3 Å². The van der Waals surface area contributed by atoms with Crippen molar-refractivity contribution in [1.29, 1.82) is 0 Å². The Balaban J connectivity index is 2.19. The van der Waals surface area contributed by atoms with Crippen molar-refractivity contribution in [3.63, 3.8) is 0 Å². The molecular formula is C16H28N2O3. The molecule has 1 unspecified atom stereocenters. The molecule has 1 aliphatic carbocycles. The molecule has 0 bridgehead atoms. The number of carbonyl (C=O) groups is 2. The van der Waals surface area contributed by atoms with E-state index >= 15 is 0 Å². The van der Waals surface area contributed by atoms with Gasteiger partial charge in [0.1, 0.15) is 5.54 Å². The molecule has 120 valence electrons. The zero-order chi connectivity index (χ0) is 15.6. The van der Waals surface area contributed by atoms with Gasteiger partial charge in [0.15, 0.2) is 0 Å². The van der Waals surface area contributed by atoms with E-state index in [1.165, 1.54) is 0 Å². The van der Waals surface area contributed by atoms with Crippen LogP contribution in [-0.2, 0) is 9.59 Å². The Morgan fingerprint density at radius 2 is 1.86 bits per heavy atom. The van der Waals surface area contributed by atoms with Crippen molar-refractivity contribution < 1.29 is 14.7 Å². The molecule has 0 aromatic carbocycles. The number of carboxylic acid groups (broad SMARTS) is 1. The third kappa shape index (κ3) is 3.07. The fraction of sp³-hybridized carbons (Fsp3) is 0.875. The first-order valence-corrected chi connectivity index (χ1v) is 8.19. The molecule has 0 spiro atoms. The molecule has 2 aliphatic rings. The van der Waals surface area contributed by atoms with Crippen LogP contribution in [0.2, 0.25) is 0 Å². The lowest BCUT2D eigenvalue weighted by Crippen LogP contribution is -2.62. The predicted molar refractivity (Wildman–Crippen MR) is 80.4 cm³/mol. The SMILES string of the molecule is CC1CCC(C2(C(=O)O)CCCN2NC(=O)C(C)C)CC1. The average Bonchev–Trinajstić information content (AvgIpc) is 2.84. The zero-order valence-corrected chi connectivity index (χ0v) is 13.4. The van der Waals surface area contributed by atoms with E-state index in [-0.39, 0.29) is 17.7 Å². The summed E-state index contributed by atoms with van der Waals surface area (Å²) >= 11 is 0. The number of hydrogen-bond acceptors (Lipinski definition) is 3. The third-order valence-corrected chi connectivity index (χ3v) is 5.25. The summed E-state index contributed by atoms with van der Waals surface area (Å²) in [5, 5.41) is 11.6. The van der Waals surface area contributed by atoms with Crippen molar-refractivity contribution in [3.8, 4) is 0 Å². The van der Waals surface area contributed by atoms with Gasteiger partial charge in [0, 0.05) is 12.5 Å². The minimum Gasteiger partial charge on any atom is -0.480 e. The van der Waals surface area contributed by atoms with Crippen LogP contribution in [0.25, 0.3) is 0 Å². The van der Waals surface area contributed by atoms with Gasteiger partial charge in [0.25, 0.3) is 0 Å². The van der Waals surface area contributed by atoms with E-state index < -0.39 is 11.5 Å². The quantitative estimate of drug-likeness (QED) is 0.836. The molecule has 5 heteroatoms. The second-order valence-corrected chi connectivity index (χ2v) is 7.07. The number of carboxylic acids is 1. The molecule has 2 fully saturated rings. The summed E-state index contributed by atoms with van der Waals surface area (Å²) in [5.41, 5.74) is 1.97. The first kappa shape index (κ1) is 16.3. The number of aliphatic carboxylic acids is 1. The van der Waals surface area contributed by atoms with E-state index in [1.54, 1.807) is 5.01 Å². The van der Waals surface area contributed by atoms with Crippen LogP contribution in [0, 0.1) is 17.8 Å². The smallest absolute Gasteiger partial charge is 0.326 e. The molecule has 1 saturated heterocycles. The standard InChI is InChI=1S/C16H28N2O3/c1-11(2)14(19)17-18-10-4-9-16(18,15(20)21)13-7-5-12(3)6-8-13/h11-13H,4-10H2,1-3H3,(H,17,19)(H,20,21). The van der Waals surface area contributed by atoms with E-state index in [2.05, 4.69) is 12.3 Å². The fourth-order valence-corrected chi connectivity index (χ4v) is 3.82. The molecule has 1 amide bonds. The summed E-state index contributed by atoms with van der Waals surface area (Å²) in [6.07, 6.45) is 5.54. The number of amides is 1. The van der Waals surface area contributed by atoms with Crippen molar-refractivity contribution in [1.82, 2.24) is 10.4 Å². The first-order chi connectivity index (χ1) is 9.87. The van der Waals surface area contributed by atoms with Gasteiger partial charge in [-0.2, -0.15) is 0 Å². The highest BCUT2D eigenvalue weighted by Crippen LogP contribution is 2.43. The number of hydrazine groups is 1. The molecule has 1 aliphatic heterocycles. The van der Waals surface area contributed by atoms with Crippen molar-refractivity contribution in [2.45, 2.75) is 64.8 Å². The molecule has 1 heterocycles. The van der Waals surface area contributed by atoms with Gasteiger partial charge in [-0.05, 0) is 37.5 Å². The lowest BCUT2D eigenvalue weighted by atomic mass is 9.71. The van der Waals surface area contributed by atoms with Crippen molar-refractivity contribution >= 4 is 11.9 Å². The average molecular weight is 296 g/mol. The molecule has 1 atom stereocenters. The maximum absolute atomic E-state index is 12.1. The normalized spacial score (nSPS) is 34.1. The Labute approximate surface area is 127 Å². The van der Waals surface area contributed by atoms with Crippen LogP contribution < -0.4 is 5.43 Å². The van der Waals surface area contributed by atoms with E-state index in [0.717, 1.165) is 32.1 Å². The fourth-order valence-electron chi connectivity index (χ4n) is 3.82. The monoisotopic (exact) mass is 296 g/mol. The van der Waals surface area contributed by atoms with Crippen LogP contribution in [0.3, 0.4) is 0 Å². The Kier molecular flexibility index (Phi) is 4.91. The molecule has 0 aromatic heterocycles. The maximum atomic E-state index is 12.1. The Morgan fingerprint density at radius 3 is 2.38 bits per heavy atom. The minimum absolute atomic E-state index is 0.0910. The molecule has 2 rings (SSSR count). The summed E-state index contributed by atoms with van der Waals surface area (Å²) in [6, 6.07) is 0. The van der Waals surface area contributed by atoms with E-state index in [0.29, 0.717) is 18.9 Å². The summed E-state index contributed by atoms with van der Waals surface area (Å²) in [7, 11) is 0. The lowest BCUT2D eigenvalue weighted by molar-refractivity contribution is -0.160. The van der Waals surface area contributed by atoms with Crippen molar-refractivity contribution in [3.05, 3.63) is 0 Å². The second kappa shape index (κ2) is 6.34. The number of hydrogen-bond donors (Lipinski definition) is 2. The summed E-state index contributed by atoms with van der Waals surface area (Å²) < 4.78 is 0. The largest absolute Gasteiger partial charge is 0.480 e. The molecule has 2 N–H and O–H groups in total. The number of nitrogens with one attached hydrogen (secondary N) is 1. The van der Waals surface area contributed by atoms with Crippen LogP contribution in [-0.4, -0.2) is 34.1 Å². The third-order valence-electron chi connectivity index (χ3n) is 5.25. The lowest BCUT2D eigenvalue weighted by Gasteiger charge is -2.43. The Morgan fingerprint density at radius 1 is 1.24 bits per heavy atom. The molecule has 21 heavy (non-hydrogen) atoms. The van der Waals surface area contributed by atoms with E-state index in [9.17, 15) is 14.7 Å². The molecule has 5 nitrogen and oxygen atoms in total. The summed E-state index contributed by atoms with van der Waals surface area (Å²) in [6.45, 7) is 6.53. The van der Waals surface area contributed by atoms with Gasteiger partial charge in [-0.15, -0.1) is 0 Å². The first-order valence-electron chi connectivity index (χ1n) is 8.19. The van der Waals surface area contributed by atoms with Crippen LogP contribution in [0.5, 0.6) is 0 Å². The predicted octanol–water partition coefficient (Wildman–Crippen LogP) is 2.42. The maximum Gasteiger partial charge on any atom is 0.326 e. The minimum atomic E-state index is -0.898. The molecule has 0 aromatic rings.